The summed E-state index contributed by atoms with van der Waals surface area (Å²) in [5.41, 5.74) is 0. The van der Waals surface area contributed by atoms with Crippen molar-refractivity contribution in [3.05, 3.63) is 0 Å². The smallest absolute Gasteiger partial charge is 0.0857 e. The predicted octanol–water partition coefficient (Wildman–Crippen LogP) is 2.14. The summed E-state index contributed by atoms with van der Waals surface area (Å²) in [6.45, 7) is 13.9. The lowest BCUT2D eigenvalue weighted by atomic mass is 9.92. The van der Waals surface area contributed by atoms with Crippen LogP contribution in [0.25, 0.3) is 0 Å². The van der Waals surface area contributed by atoms with Crippen LogP contribution in [0, 0.1) is 5.92 Å². The fourth-order valence-electron chi connectivity index (χ4n) is 2.88. The lowest BCUT2D eigenvalue weighted by Crippen LogP contribution is -2.56. The molecular weight excluding hydrogens is 252 g/mol. The van der Waals surface area contributed by atoms with Crippen LogP contribution in [-0.4, -0.2) is 63.0 Å². The minimum atomic E-state index is 0.296. The largest absolute Gasteiger partial charge is 0.385 e. The van der Waals surface area contributed by atoms with E-state index in [0.717, 1.165) is 45.7 Å². The van der Waals surface area contributed by atoms with Gasteiger partial charge in [0, 0.05) is 38.9 Å². The van der Waals surface area contributed by atoms with E-state index in [9.17, 15) is 0 Å². The number of morpholine rings is 1. The van der Waals surface area contributed by atoms with Crippen LogP contribution in [0.3, 0.4) is 0 Å². The summed E-state index contributed by atoms with van der Waals surface area (Å²) >= 11 is 0. The molecule has 0 aliphatic carbocycles. The molecule has 1 N–H and O–H groups in total. The molecule has 1 saturated heterocycles. The van der Waals surface area contributed by atoms with Gasteiger partial charge in [-0.3, -0.25) is 4.90 Å². The van der Waals surface area contributed by atoms with E-state index in [-0.39, 0.29) is 0 Å². The molecule has 0 bridgehead atoms. The molecule has 3 atom stereocenters. The van der Waals surface area contributed by atoms with Gasteiger partial charge in [0.05, 0.1) is 12.7 Å². The molecule has 4 nitrogen and oxygen atoms in total. The van der Waals surface area contributed by atoms with Gasteiger partial charge in [-0.15, -0.1) is 0 Å². The van der Waals surface area contributed by atoms with Crippen molar-refractivity contribution in [2.24, 2.45) is 5.92 Å². The predicted molar refractivity (Wildman–Crippen MR) is 84.2 cm³/mol. The zero-order valence-corrected chi connectivity index (χ0v) is 14.0. The van der Waals surface area contributed by atoms with Crippen molar-refractivity contribution in [1.82, 2.24) is 10.2 Å². The second-order valence-electron chi connectivity index (χ2n) is 6.24. The fourth-order valence-corrected chi connectivity index (χ4v) is 2.88. The normalized spacial score (nSPS) is 24.0. The van der Waals surface area contributed by atoms with Crippen molar-refractivity contribution in [1.29, 1.82) is 0 Å². The fraction of sp³-hybridized carbons (Fsp3) is 1.00. The van der Waals surface area contributed by atoms with Gasteiger partial charge in [0.2, 0.25) is 0 Å². The summed E-state index contributed by atoms with van der Waals surface area (Å²) in [6, 6.07) is 1.02. The molecule has 1 aliphatic rings. The zero-order valence-electron chi connectivity index (χ0n) is 14.0. The first-order valence-electron chi connectivity index (χ1n) is 8.18. The van der Waals surface area contributed by atoms with E-state index in [1.165, 1.54) is 0 Å². The highest BCUT2D eigenvalue weighted by atomic mass is 16.5. The molecule has 1 heterocycles. The Kier molecular flexibility index (Phi) is 8.69. The molecule has 1 aliphatic heterocycles. The van der Waals surface area contributed by atoms with E-state index >= 15 is 0 Å². The van der Waals surface area contributed by atoms with E-state index in [1.807, 2.05) is 0 Å². The molecule has 20 heavy (non-hydrogen) atoms. The van der Waals surface area contributed by atoms with Crippen LogP contribution < -0.4 is 5.32 Å². The molecular formula is C16H34N2O2. The molecule has 0 radical (unpaired) electrons. The van der Waals surface area contributed by atoms with Crippen LogP contribution in [0.5, 0.6) is 0 Å². The van der Waals surface area contributed by atoms with Crippen molar-refractivity contribution < 1.29 is 9.47 Å². The molecule has 4 heteroatoms. The lowest BCUT2D eigenvalue weighted by molar-refractivity contribution is -0.0650. The van der Waals surface area contributed by atoms with Crippen LogP contribution in [-0.2, 0) is 9.47 Å². The Labute approximate surface area is 125 Å². The molecule has 1 fully saturated rings. The molecule has 0 aromatic carbocycles. The number of methoxy groups -OCH3 is 1. The standard InChI is InChI=1S/C16H34N2O2/c1-6-8-17-16(14(4)7-10-19-5)15-12-18(13(2)3)9-11-20-15/h13-17H,6-12H2,1-5H3. The van der Waals surface area contributed by atoms with Gasteiger partial charge in [-0.25, -0.2) is 0 Å². The third kappa shape index (κ3) is 5.68. The molecule has 0 aromatic heterocycles. The van der Waals surface area contributed by atoms with Crippen LogP contribution in [0.4, 0.5) is 0 Å². The number of hydrogen-bond acceptors (Lipinski definition) is 4. The number of nitrogens with zero attached hydrogens (tertiary/aromatic N) is 1. The Balaban J connectivity index is 2.60. The summed E-state index contributed by atoms with van der Waals surface area (Å²) < 4.78 is 11.3. The van der Waals surface area contributed by atoms with E-state index in [4.69, 9.17) is 9.47 Å². The Morgan fingerprint density at radius 1 is 1.35 bits per heavy atom. The van der Waals surface area contributed by atoms with E-state index < -0.39 is 0 Å². The van der Waals surface area contributed by atoms with Crippen molar-refractivity contribution in [3.8, 4) is 0 Å². The van der Waals surface area contributed by atoms with Gasteiger partial charge >= 0.3 is 0 Å². The first-order chi connectivity index (χ1) is 9.60. The zero-order chi connectivity index (χ0) is 15.0. The second-order valence-corrected chi connectivity index (χ2v) is 6.24. The number of rotatable bonds is 9. The quantitative estimate of drug-likeness (QED) is 0.704. The highest BCUT2D eigenvalue weighted by Crippen LogP contribution is 2.19. The number of nitrogens with one attached hydrogen (secondary N) is 1. The van der Waals surface area contributed by atoms with Crippen molar-refractivity contribution in [2.45, 2.75) is 58.7 Å². The Morgan fingerprint density at radius 3 is 2.70 bits per heavy atom. The summed E-state index contributed by atoms with van der Waals surface area (Å²) in [5, 5.41) is 3.70. The van der Waals surface area contributed by atoms with Gasteiger partial charge in [-0.2, -0.15) is 0 Å². The van der Waals surface area contributed by atoms with Gasteiger partial charge in [-0.05, 0) is 39.2 Å². The number of ether oxygens (including phenoxy) is 2. The van der Waals surface area contributed by atoms with Gasteiger partial charge in [0.25, 0.3) is 0 Å². The summed E-state index contributed by atoms with van der Waals surface area (Å²) in [6.07, 6.45) is 2.54. The van der Waals surface area contributed by atoms with Crippen LogP contribution in [0.15, 0.2) is 0 Å². The van der Waals surface area contributed by atoms with Crippen molar-refractivity contribution in [2.75, 3.05) is 40.0 Å². The van der Waals surface area contributed by atoms with Gasteiger partial charge < -0.3 is 14.8 Å². The molecule has 1 rings (SSSR count). The molecule has 0 aromatic rings. The third-order valence-electron chi connectivity index (χ3n) is 4.28. The van der Waals surface area contributed by atoms with E-state index in [0.29, 0.717) is 24.1 Å². The Bertz CT molecular complexity index is 249. The topological polar surface area (TPSA) is 33.7 Å². The molecule has 3 unspecified atom stereocenters. The van der Waals surface area contributed by atoms with Crippen molar-refractivity contribution >= 4 is 0 Å². The average molecular weight is 286 g/mol. The second kappa shape index (κ2) is 9.72. The van der Waals surface area contributed by atoms with Crippen LogP contribution >= 0.6 is 0 Å². The Morgan fingerprint density at radius 2 is 2.10 bits per heavy atom. The van der Waals surface area contributed by atoms with Gasteiger partial charge in [0.1, 0.15) is 0 Å². The molecule has 120 valence electrons. The Hall–Kier alpha value is -0.160. The van der Waals surface area contributed by atoms with Gasteiger partial charge in [0.15, 0.2) is 0 Å². The maximum Gasteiger partial charge on any atom is 0.0857 e. The van der Waals surface area contributed by atoms with E-state index in [1.54, 1.807) is 7.11 Å². The minimum absolute atomic E-state index is 0.296. The molecule has 0 saturated carbocycles. The van der Waals surface area contributed by atoms with E-state index in [2.05, 4.69) is 37.9 Å². The number of hydrogen-bond donors (Lipinski definition) is 1. The summed E-state index contributed by atoms with van der Waals surface area (Å²) in [7, 11) is 1.78. The highest BCUT2D eigenvalue weighted by Gasteiger charge is 2.31. The summed E-state index contributed by atoms with van der Waals surface area (Å²) in [5.74, 6) is 0.568. The van der Waals surface area contributed by atoms with Crippen LogP contribution in [0.1, 0.15) is 40.5 Å². The van der Waals surface area contributed by atoms with Crippen molar-refractivity contribution in [3.63, 3.8) is 0 Å². The third-order valence-corrected chi connectivity index (χ3v) is 4.28. The average Bonchev–Trinajstić information content (AvgIpc) is 2.45. The SMILES string of the molecule is CCCNC(C(C)CCOC)C1CN(C(C)C)CCO1. The summed E-state index contributed by atoms with van der Waals surface area (Å²) in [4.78, 5) is 2.53. The molecule has 0 spiro atoms. The monoisotopic (exact) mass is 286 g/mol. The maximum atomic E-state index is 6.07. The minimum Gasteiger partial charge on any atom is -0.385 e. The first kappa shape index (κ1) is 17.9. The van der Waals surface area contributed by atoms with Crippen LogP contribution in [0.2, 0.25) is 0 Å². The first-order valence-corrected chi connectivity index (χ1v) is 8.18. The lowest BCUT2D eigenvalue weighted by Gasteiger charge is -2.41. The molecule has 0 amide bonds. The maximum absolute atomic E-state index is 6.07. The highest BCUT2D eigenvalue weighted by molar-refractivity contribution is 4.87. The van der Waals surface area contributed by atoms with Gasteiger partial charge in [-0.1, -0.05) is 13.8 Å².